The second kappa shape index (κ2) is 10.4. The monoisotopic (exact) mass is 396 g/mol. The topological polar surface area (TPSA) is 84.9 Å². The fourth-order valence-electron chi connectivity index (χ4n) is 3.01. The maximum atomic E-state index is 12.7. The number of morpholine rings is 1. The molecule has 2 aromatic carbocycles. The van der Waals surface area contributed by atoms with Gasteiger partial charge in [-0.15, -0.1) is 0 Å². The summed E-state index contributed by atoms with van der Waals surface area (Å²) < 4.78 is 10.5. The van der Waals surface area contributed by atoms with Gasteiger partial charge in [0.2, 0.25) is 0 Å². The highest BCUT2D eigenvalue weighted by molar-refractivity contribution is 5.97. The van der Waals surface area contributed by atoms with E-state index in [9.17, 15) is 14.4 Å². The SMILES string of the molecule is O=C(N[C@H](Cc1ccccc1)C(=O)OCC(=O)N1CCOCC1)c1ccccc1. The average Bonchev–Trinajstić information content (AvgIpc) is 2.78. The molecule has 2 aromatic rings. The number of hydrogen-bond acceptors (Lipinski definition) is 5. The van der Waals surface area contributed by atoms with E-state index in [4.69, 9.17) is 9.47 Å². The van der Waals surface area contributed by atoms with E-state index >= 15 is 0 Å². The van der Waals surface area contributed by atoms with Gasteiger partial charge in [-0.1, -0.05) is 48.5 Å². The Labute approximate surface area is 169 Å². The van der Waals surface area contributed by atoms with Crippen LogP contribution in [0.15, 0.2) is 60.7 Å². The molecule has 0 spiro atoms. The summed E-state index contributed by atoms with van der Waals surface area (Å²) in [6, 6.07) is 17.1. The van der Waals surface area contributed by atoms with Crippen LogP contribution in [-0.2, 0) is 25.5 Å². The summed E-state index contributed by atoms with van der Waals surface area (Å²) in [6.45, 7) is 1.56. The van der Waals surface area contributed by atoms with Gasteiger partial charge in [-0.2, -0.15) is 0 Å². The van der Waals surface area contributed by atoms with Crippen LogP contribution in [0, 0.1) is 0 Å². The van der Waals surface area contributed by atoms with Gasteiger partial charge in [0.05, 0.1) is 13.2 Å². The zero-order chi connectivity index (χ0) is 20.5. The summed E-state index contributed by atoms with van der Waals surface area (Å²) in [7, 11) is 0. The third-order valence-electron chi connectivity index (χ3n) is 4.61. The van der Waals surface area contributed by atoms with Gasteiger partial charge in [-0.05, 0) is 17.7 Å². The lowest BCUT2D eigenvalue weighted by Crippen LogP contribution is -2.46. The van der Waals surface area contributed by atoms with Crippen molar-refractivity contribution in [3.8, 4) is 0 Å². The fourth-order valence-corrected chi connectivity index (χ4v) is 3.01. The van der Waals surface area contributed by atoms with Crippen molar-refractivity contribution < 1.29 is 23.9 Å². The molecule has 2 amide bonds. The Balaban J connectivity index is 1.63. The van der Waals surface area contributed by atoms with Crippen LogP contribution < -0.4 is 5.32 Å². The van der Waals surface area contributed by atoms with E-state index in [-0.39, 0.29) is 24.8 Å². The van der Waals surface area contributed by atoms with E-state index in [1.807, 2.05) is 36.4 Å². The van der Waals surface area contributed by atoms with Gasteiger partial charge in [0.25, 0.3) is 11.8 Å². The molecule has 0 unspecified atom stereocenters. The van der Waals surface area contributed by atoms with Crippen LogP contribution in [0.5, 0.6) is 0 Å². The number of esters is 1. The maximum Gasteiger partial charge on any atom is 0.329 e. The third-order valence-corrected chi connectivity index (χ3v) is 4.61. The number of carbonyl (C=O) groups is 3. The second-order valence-electron chi connectivity index (χ2n) is 6.68. The van der Waals surface area contributed by atoms with Crippen molar-refractivity contribution in [1.82, 2.24) is 10.2 Å². The smallest absolute Gasteiger partial charge is 0.329 e. The number of nitrogens with one attached hydrogen (secondary N) is 1. The number of benzene rings is 2. The molecular weight excluding hydrogens is 372 g/mol. The predicted molar refractivity (Wildman–Crippen MR) is 106 cm³/mol. The maximum absolute atomic E-state index is 12.7. The third kappa shape index (κ3) is 6.15. The number of amides is 2. The normalized spacial score (nSPS) is 14.7. The molecule has 0 saturated carbocycles. The van der Waals surface area contributed by atoms with E-state index in [0.29, 0.717) is 31.9 Å². The molecule has 1 fully saturated rings. The lowest BCUT2D eigenvalue weighted by Gasteiger charge is -2.27. The summed E-state index contributed by atoms with van der Waals surface area (Å²) in [5, 5.41) is 2.73. The molecule has 0 radical (unpaired) electrons. The number of rotatable bonds is 7. The van der Waals surface area contributed by atoms with E-state index in [0.717, 1.165) is 5.56 Å². The minimum absolute atomic E-state index is 0.268. The minimum atomic E-state index is -0.900. The molecule has 29 heavy (non-hydrogen) atoms. The Kier molecular flexibility index (Phi) is 7.35. The number of nitrogens with zero attached hydrogens (tertiary/aromatic N) is 1. The van der Waals surface area contributed by atoms with E-state index in [1.165, 1.54) is 0 Å². The first kappa shape index (κ1) is 20.5. The van der Waals surface area contributed by atoms with Gasteiger partial charge in [0.15, 0.2) is 6.61 Å². The molecule has 7 heteroatoms. The van der Waals surface area contributed by atoms with Crippen LogP contribution in [0.3, 0.4) is 0 Å². The molecular formula is C22H24N2O5. The first-order valence-electron chi connectivity index (χ1n) is 9.55. The highest BCUT2D eigenvalue weighted by atomic mass is 16.5. The van der Waals surface area contributed by atoms with Crippen LogP contribution >= 0.6 is 0 Å². The van der Waals surface area contributed by atoms with Crippen LogP contribution in [0.4, 0.5) is 0 Å². The fraction of sp³-hybridized carbons (Fsp3) is 0.318. The zero-order valence-corrected chi connectivity index (χ0v) is 16.1. The summed E-state index contributed by atoms with van der Waals surface area (Å²) in [6.07, 6.45) is 0.268. The lowest BCUT2D eigenvalue weighted by molar-refractivity contribution is -0.155. The molecule has 0 bridgehead atoms. The van der Waals surface area contributed by atoms with Gasteiger partial charge in [0.1, 0.15) is 6.04 Å². The molecule has 152 valence electrons. The van der Waals surface area contributed by atoms with E-state index in [1.54, 1.807) is 29.2 Å². The van der Waals surface area contributed by atoms with Crippen molar-refractivity contribution in [3.05, 3.63) is 71.8 Å². The molecule has 0 aromatic heterocycles. The molecule has 1 N–H and O–H groups in total. The van der Waals surface area contributed by atoms with Crippen LogP contribution in [0.25, 0.3) is 0 Å². The molecule has 1 heterocycles. The standard InChI is InChI=1S/C22H24N2O5/c25-20(24-11-13-28-14-12-24)16-29-22(27)19(15-17-7-3-1-4-8-17)23-21(26)18-9-5-2-6-10-18/h1-10,19H,11-16H2,(H,23,26)/t19-/m1/s1. The molecule has 0 aliphatic carbocycles. The highest BCUT2D eigenvalue weighted by Gasteiger charge is 2.25. The van der Waals surface area contributed by atoms with Crippen molar-refractivity contribution >= 4 is 17.8 Å². The first-order chi connectivity index (χ1) is 14.1. The predicted octanol–water partition coefficient (Wildman–Crippen LogP) is 1.43. The average molecular weight is 396 g/mol. The largest absolute Gasteiger partial charge is 0.454 e. The minimum Gasteiger partial charge on any atom is -0.454 e. The van der Waals surface area contributed by atoms with Crippen molar-refractivity contribution in [3.63, 3.8) is 0 Å². The molecule has 1 aliphatic heterocycles. The molecule has 1 aliphatic rings. The van der Waals surface area contributed by atoms with Gasteiger partial charge < -0.3 is 19.7 Å². The Hall–Kier alpha value is -3.19. The summed E-state index contributed by atoms with van der Waals surface area (Å²) in [4.78, 5) is 39.0. The molecule has 3 rings (SSSR count). The Morgan fingerprint density at radius 1 is 0.966 bits per heavy atom. The van der Waals surface area contributed by atoms with Crippen LogP contribution in [0.1, 0.15) is 15.9 Å². The number of ether oxygens (including phenoxy) is 2. The van der Waals surface area contributed by atoms with Gasteiger partial charge in [-0.3, -0.25) is 9.59 Å². The lowest BCUT2D eigenvalue weighted by atomic mass is 10.1. The highest BCUT2D eigenvalue weighted by Crippen LogP contribution is 2.07. The Morgan fingerprint density at radius 2 is 1.59 bits per heavy atom. The molecule has 7 nitrogen and oxygen atoms in total. The Morgan fingerprint density at radius 3 is 2.24 bits per heavy atom. The van der Waals surface area contributed by atoms with Crippen LogP contribution in [-0.4, -0.2) is 61.6 Å². The number of carbonyl (C=O) groups excluding carboxylic acids is 3. The van der Waals surface area contributed by atoms with Gasteiger partial charge >= 0.3 is 5.97 Å². The number of hydrogen-bond donors (Lipinski definition) is 1. The van der Waals surface area contributed by atoms with E-state index in [2.05, 4.69) is 5.32 Å². The summed E-state index contributed by atoms with van der Waals surface area (Å²) >= 11 is 0. The zero-order valence-electron chi connectivity index (χ0n) is 16.1. The van der Waals surface area contributed by atoms with Gasteiger partial charge in [0, 0.05) is 25.1 Å². The van der Waals surface area contributed by atoms with Crippen LogP contribution in [0.2, 0.25) is 0 Å². The summed E-state index contributed by atoms with van der Waals surface area (Å²) in [5.74, 6) is -1.28. The first-order valence-corrected chi connectivity index (χ1v) is 9.55. The summed E-state index contributed by atoms with van der Waals surface area (Å²) in [5.41, 5.74) is 1.32. The Bertz CT molecular complexity index is 820. The van der Waals surface area contributed by atoms with Crippen molar-refractivity contribution in [2.75, 3.05) is 32.9 Å². The second-order valence-corrected chi connectivity index (χ2v) is 6.68. The van der Waals surface area contributed by atoms with Crippen molar-refractivity contribution in [2.45, 2.75) is 12.5 Å². The van der Waals surface area contributed by atoms with E-state index < -0.39 is 12.0 Å². The quantitative estimate of drug-likeness (QED) is 0.716. The van der Waals surface area contributed by atoms with Crippen molar-refractivity contribution in [1.29, 1.82) is 0 Å². The van der Waals surface area contributed by atoms with Gasteiger partial charge in [-0.25, -0.2) is 4.79 Å². The molecule has 1 saturated heterocycles. The molecule has 1 atom stereocenters. The van der Waals surface area contributed by atoms with Crippen molar-refractivity contribution in [2.24, 2.45) is 0 Å².